The van der Waals surface area contributed by atoms with Gasteiger partial charge in [0.15, 0.2) is 0 Å². The highest BCUT2D eigenvalue weighted by Gasteiger charge is 2.21. The van der Waals surface area contributed by atoms with E-state index in [1.807, 2.05) is 0 Å². The number of carbonyl (C=O) groups excluding carboxylic acids is 1. The van der Waals surface area contributed by atoms with E-state index in [1.54, 1.807) is 21.3 Å². The van der Waals surface area contributed by atoms with Crippen molar-refractivity contribution in [2.24, 2.45) is 0 Å². The highest BCUT2D eigenvalue weighted by molar-refractivity contribution is 8.21. The average Bonchev–Trinajstić information content (AvgIpc) is 2.49. The number of methoxy groups -OCH3 is 1. The lowest BCUT2D eigenvalue weighted by Crippen LogP contribution is -2.30. The molecular weight excluding hydrogens is 284 g/mol. The molecule has 0 aliphatic rings. The van der Waals surface area contributed by atoms with Crippen molar-refractivity contribution in [3.8, 4) is 0 Å². The van der Waals surface area contributed by atoms with Gasteiger partial charge in [0.2, 0.25) is 0 Å². The molecule has 0 aliphatic heterocycles. The van der Waals surface area contributed by atoms with Crippen molar-refractivity contribution >= 4 is 16.8 Å². The second kappa shape index (κ2) is 12.4. The van der Waals surface area contributed by atoms with E-state index in [2.05, 4.69) is 15.4 Å². The molecule has 8 heteroatoms. The van der Waals surface area contributed by atoms with Crippen LogP contribution in [-0.2, 0) is 22.1 Å². The molecule has 0 amide bonds. The van der Waals surface area contributed by atoms with Gasteiger partial charge in [0.05, 0.1) is 45.7 Å². The predicted molar refractivity (Wildman–Crippen MR) is 80.5 cm³/mol. The Morgan fingerprint density at radius 2 is 1.45 bits per heavy atom. The van der Waals surface area contributed by atoms with Crippen LogP contribution in [0.25, 0.3) is 0 Å². The number of esters is 1. The first-order chi connectivity index (χ1) is 9.64. The van der Waals surface area contributed by atoms with Gasteiger partial charge in [-0.05, 0) is 13.0 Å². The van der Waals surface area contributed by atoms with E-state index in [9.17, 15) is 4.79 Å². The number of ether oxygens (including phenoxy) is 1. The Morgan fingerprint density at radius 3 is 1.95 bits per heavy atom. The molecule has 0 atom stereocenters. The molecule has 0 saturated carbocycles. The van der Waals surface area contributed by atoms with E-state index >= 15 is 0 Å². The zero-order valence-electron chi connectivity index (χ0n) is 12.9. The molecule has 2 N–H and O–H groups in total. The number of nitrogens with one attached hydrogen (secondary N) is 2. The van der Waals surface area contributed by atoms with E-state index < -0.39 is 10.9 Å². The molecule has 122 valence electrons. The normalized spacial score (nSPS) is 12.4. The minimum absolute atomic E-state index is 0.191. The Labute approximate surface area is 123 Å². The second-order valence-electron chi connectivity index (χ2n) is 3.94. The fourth-order valence-electron chi connectivity index (χ4n) is 1.55. The molecule has 0 radical (unpaired) electrons. The van der Waals surface area contributed by atoms with Gasteiger partial charge in [-0.15, -0.1) is 0 Å². The largest absolute Gasteiger partial charge is 0.469 e. The van der Waals surface area contributed by atoms with Crippen LogP contribution in [0.1, 0.15) is 12.8 Å². The van der Waals surface area contributed by atoms with Gasteiger partial charge in [-0.1, -0.05) is 0 Å². The van der Waals surface area contributed by atoms with E-state index in [0.717, 1.165) is 31.8 Å². The topological polar surface area (TPSA) is 78.1 Å². The number of hydrogen-bond acceptors (Lipinski definition) is 7. The van der Waals surface area contributed by atoms with Crippen LogP contribution < -0.4 is 10.6 Å². The molecule has 0 saturated heterocycles. The summed E-state index contributed by atoms with van der Waals surface area (Å²) < 4.78 is 20.4. The van der Waals surface area contributed by atoms with Crippen molar-refractivity contribution in [2.75, 3.05) is 60.4 Å². The molecule has 0 unspecified atom stereocenters. The summed E-state index contributed by atoms with van der Waals surface area (Å²) in [6.45, 7) is 3.16. The third-order valence-corrected chi connectivity index (χ3v) is 5.03. The summed E-state index contributed by atoms with van der Waals surface area (Å²) in [6, 6.07) is 0. The SMILES string of the molecule is COC(=O)CCNCCNCCCS(OC)(OC)OC. The first kappa shape index (κ1) is 19.6. The van der Waals surface area contributed by atoms with Crippen molar-refractivity contribution in [1.82, 2.24) is 10.6 Å². The summed E-state index contributed by atoms with van der Waals surface area (Å²) in [6.07, 6.45) is 1.31. The highest BCUT2D eigenvalue weighted by Crippen LogP contribution is 2.49. The summed E-state index contributed by atoms with van der Waals surface area (Å²) in [5.41, 5.74) is 0. The van der Waals surface area contributed by atoms with Gasteiger partial charge in [0.25, 0.3) is 0 Å². The average molecular weight is 312 g/mol. The number of hydrogen-bond donors (Lipinski definition) is 2. The Hall–Kier alpha value is -0.380. The smallest absolute Gasteiger partial charge is 0.306 e. The third-order valence-electron chi connectivity index (χ3n) is 2.72. The number of carbonyl (C=O) groups is 1. The van der Waals surface area contributed by atoms with Crippen molar-refractivity contribution < 1.29 is 22.1 Å². The van der Waals surface area contributed by atoms with Gasteiger partial charge in [0, 0.05) is 25.4 Å². The standard InChI is InChI=1S/C12H28N2O5S/c1-16-12(15)6-8-14-10-9-13-7-5-11-20(17-2,18-3)19-4/h13-14H,5-11H2,1-4H3. The fraction of sp³-hybridized carbons (Fsp3) is 0.917. The molecule has 7 nitrogen and oxygen atoms in total. The maximum absolute atomic E-state index is 10.9. The monoisotopic (exact) mass is 312 g/mol. The first-order valence-electron chi connectivity index (χ1n) is 6.60. The molecule has 0 fully saturated rings. The van der Waals surface area contributed by atoms with Crippen LogP contribution in [0.3, 0.4) is 0 Å². The van der Waals surface area contributed by atoms with Gasteiger partial charge in [0.1, 0.15) is 0 Å². The highest BCUT2D eigenvalue weighted by atomic mass is 32.3. The molecule has 0 spiro atoms. The van der Waals surface area contributed by atoms with Crippen molar-refractivity contribution in [1.29, 1.82) is 0 Å². The second-order valence-corrected chi connectivity index (χ2v) is 6.47. The Morgan fingerprint density at radius 1 is 0.900 bits per heavy atom. The molecule has 0 aromatic carbocycles. The van der Waals surface area contributed by atoms with Gasteiger partial charge in [-0.2, -0.15) is 0 Å². The summed E-state index contributed by atoms with van der Waals surface area (Å²) in [7, 11) is 4.36. The van der Waals surface area contributed by atoms with Crippen molar-refractivity contribution in [3.63, 3.8) is 0 Å². The summed E-state index contributed by atoms with van der Waals surface area (Å²) >= 11 is 0. The van der Waals surface area contributed by atoms with E-state index in [4.69, 9.17) is 12.5 Å². The van der Waals surface area contributed by atoms with Gasteiger partial charge < -0.3 is 15.4 Å². The minimum Gasteiger partial charge on any atom is -0.469 e. The molecule has 0 aromatic rings. The van der Waals surface area contributed by atoms with Crippen LogP contribution in [0.15, 0.2) is 0 Å². The number of rotatable bonds is 13. The summed E-state index contributed by atoms with van der Waals surface area (Å²) in [4.78, 5) is 10.9. The van der Waals surface area contributed by atoms with Crippen LogP contribution in [0.2, 0.25) is 0 Å². The van der Waals surface area contributed by atoms with Crippen LogP contribution in [0, 0.1) is 0 Å². The first-order valence-corrected chi connectivity index (χ1v) is 8.18. The Balaban J connectivity index is 3.42. The van der Waals surface area contributed by atoms with Crippen LogP contribution in [0.5, 0.6) is 0 Å². The lowest BCUT2D eigenvalue weighted by atomic mass is 10.4. The fourth-order valence-corrected chi connectivity index (χ4v) is 2.95. The lowest BCUT2D eigenvalue weighted by Gasteiger charge is -2.33. The summed E-state index contributed by atoms with van der Waals surface area (Å²) in [5, 5.41) is 6.46. The van der Waals surface area contributed by atoms with E-state index in [0.29, 0.717) is 13.0 Å². The van der Waals surface area contributed by atoms with E-state index in [-0.39, 0.29) is 5.97 Å². The molecule has 20 heavy (non-hydrogen) atoms. The zero-order chi connectivity index (χ0) is 15.3. The molecule has 0 rings (SSSR count). The molecule has 0 bridgehead atoms. The van der Waals surface area contributed by atoms with Gasteiger partial charge in [-0.25, -0.2) is 0 Å². The van der Waals surface area contributed by atoms with E-state index in [1.165, 1.54) is 7.11 Å². The maximum Gasteiger partial charge on any atom is 0.306 e. The lowest BCUT2D eigenvalue weighted by molar-refractivity contribution is -0.140. The van der Waals surface area contributed by atoms with Crippen molar-refractivity contribution in [2.45, 2.75) is 12.8 Å². The quantitative estimate of drug-likeness (QED) is 0.381. The minimum atomic E-state index is -1.83. The Kier molecular flexibility index (Phi) is 12.1. The van der Waals surface area contributed by atoms with Gasteiger partial charge >= 0.3 is 5.97 Å². The third kappa shape index (κ3) is 8.72. The van der Waals surface area contributed by atoms with Crippen molar-refractivity contribution in [3.05, 3.63) is 0 Å². The van der Waals surface area contributed by atoms with Gasteiger partial charge in [-0.3, -0.25) is 17.3 Å². The molecule has 0 aromatic heterocycles. The molecule has 0 aliphatic carbocycles. The van der Waals surface area contributed by atoms with Crippen LogP contribution >= 0.6 is 10.9 Å². The molecule has 0 heterocycles. The van der Waals surface area contributed by atoms with Crippen LogP contribution in [0.4, 0.5) is 0 Å². The predicted octanol–water partition coefficient (Wildman–Crippen LogP) is 0.608. The zero-order valence-corrected chi connectivity index (χ0v) is 13.7. The van der Waals surface area contributed by atoms with Crippen LogP contribution in [-0.4, -0.2) is 66.3 Å². The maximum atomic E-state index is 10.9. The Bertz CT molecular complexity index is 244. The molecular formula is C12H28N2O5S. The summed E-state index contributed by atoms with van der Waals surface area (Å²) in [5.74, 6) is 0.544.